The van der Waals surface area contributed by atoms with Crippen LogP contribution < -0.4 is 15.4 Å². The van der Waals surface area contributed by atoms with Gasteiger partial charge in [-0.25, -0.2) is 9.37 Å². The summed E-state index contributed by atoms with van der Waals surface area (Å²) in [6, 6.07) is 6.00. The van der Waals surface area contributed by atoms with Crippen LogP contribution in [0, 0.1) is 12.7 Å². The van der Waals surface area contributed by atoms with Gasteiger partial charge in [0.1, 0.15) is 11.6 Å². The molecule has 0 fully saturated rings. The van der Waals surface area contributed by atoms with Crippen molar-refractivity contribution in [2.24, 2.45) is 0 Å². The topological polar surface area (TPSA) is 105 Å². The summed E-state index contributed by atoms with van der Waals surface area (Å²) in [4.78, 5) is 32.0. The maximum absolute atomic E-state index is 13.2. The van der Waals surface area contributed by atoms with Gasteiger partial charge in [-0.05, 0) is 45.6 Å². The van der Waals surface area contributed by atoms with Crippen LogP contribution in [-0.4, -0.2) is 58.0 Å². The highest BCUT2D eigenvalue weighted by Crippen LogP contribution is 2.22. The maximum Gasteiger partial charge on any atom is 0.321 e. The Hall–Kier alpha value is -3.18. The molecule has 1 aromatic carbocycles. The van der Waals surface area contributed by atoms with E-state index in [4.69, 9.17) is 4.74 Å². The number of carbonyl (C=O) groups is 1. The van der Waals surface area contributed by atoms with Gasteiger partial charge in [0.2, 0.25) is 11.9 Å². The van der Waals surface area contributed by atoms with E-state index >= 15 is 0 Å². The van der Waals surface area contributed by atoms with Gasteiger partial charge in [0.25, 0.3) is 0 Å². The molecule has 0 saturated heterocycles. The summed E-state index contributed by atoms with van der Waals surface area (Å²) in [6.45, 7) is 3.16. The Morgan fingerprint density at radius 3 is 2.87 bits per heavy atom. The Bertz CT molecular complexity index is 1030. The number of aromatic nitrogens is 4. The molecule has 0 radical (unpaired) electrons. The zero-order valence-electron chi connectivity index (χ0n) is 17.6. The van der Waals surface area contributed by atoms with Crippen molar-refractivity contribution >= 4 is 34.0 Å². The third-order valence-electron chi connectivity index (χ3n) is 3.92. The quantitative estimate of drug-likeness (QED) is 0.459. The van der Waals surface area contributed by atoms with Gasteiger partial charge in [0, 0.05) is 23.3 Å². The third kappa shape index (κ3) is 7.54. The smallest absolute Gasteiger partial charge is 0.321 e. The molecule has 0 saturated carbocycles. The van der Waals surface area contributed by atoms with Crippen LogP contribution in [0.3, 0.4) is 0 Å². The van der Waals surface area contributed by atoms with Crippen LogP contribution in [0.2, 0.25) is 0 Å². The average molecular weight is 446 g/mol. The maximum atomic E-state index is 13.2. The number of rotatable bonds is 10. The molecule has 0 spiro atoms. The highest BCUT2D eigenvalue weighted by atomic mass is 32.1. The van der Waals surface area contributed by atoms with Crippen molar-refractivity contribution < 1.29 is 13.9 Å². The van der Waals surface area contributed by atoms with E-state index in [1.54, 1.807) is 19.2 Å². The van der Waals surface area contributed by atoms with Crippen molar-refractivity contribution in [3.63, 3.8) is 0 Å². The van der Waals surface area contributed by atoms with Crippen LogP contribution in [0.4, 0.5) is 21.2 Å². The lowest BCUT2D eigenvalue weighted by molar-refractivity contribution is -0.115. The van der Waals surface area contributed by atoms with Crippen LogP contribution in [0.25, 0.3) is 0 Å². The lowest BCUT2D eigenvalue weighted by atomic mass is 10.3. The molecule has 2 heterocycles. The minimum Gasteiger partial charge on any atom is -0.463 e. The van der Waals surface area contributed by atoms with Gasteiger partial charge in [-0.2, -0.15) is 15.0 Å². The average Bonchev–Trinajstić information content (AvgIpc) is 3.11. The number of hydrogen-bond donors (Lipinski definition) is 2. The molecular weight excluding hydrogens is 421 g/mol. The number of benzene rings is 1. The van der Waals surface area contributed by atoms with Gasteiger partial charge in [-0.1, -0.05) is 6.07 Å². The molecule has 31 heavy (non-hydrogen) atoms. The van der Waals surface area contributed by atoms with E-state index in [0.717, 1.165) is 17.8 Å². The van der Waals surface area contributed by atoms with Crippen molar-refractivity contribution in [3.8, 4) is 6.01 Å². The minimum atomic E-state index is -0.407. The van der Waals surface area contributed by atoms with Gasteiger partial charge in [0.05, 0.1) is 13.0 Å². The Kier molecular flexibility index (Phi) is 7.79. The van der Waals surface area contributed by atoms with Gasteiger partial charge >= 0.3 is 6.01 Å². The Morgan fingerprint density at radius 1 is 1.26 bits per heavy atom. The van der Waals surface area contributed by atoms with E-state index in [2.05, 4.69) is 35.5 Å². The minimum absolute atomic E-state index is 0.117. The van der Waals surface area contributed by atoms with E-state index in [-0.39, 0.29) is 18.3 Å². The van der Waals surface area contributed by atoms with Crippen LogP contribution in [0.5, 0.6) is 6.01 Å². The summed E-state index contributed by atoms with van der Waals surface area (Å²) in [6.07, 6.45) is 2.57. The summed E-state index contributed by atoms with van der Waals surface area (Å²) in [5, 5.41) is 6.22. The molecular formula is C20H24FN7O2S. The summed E-state index contributed by atoms with van der Waals surface area (Å²) >= 11 is 1.30. The number of ether oxygens (including phenoxy) is 1. The summed E-state index contributed by atoms with van der Waals surface area (Å²) in [7, 11) is 4.00. The molecule has 0 aliphatic heterocycles. The van der Waals surface area contributed by atoms with Gasteiger partial charge < -0.3 is 15.0 Å². The molecule has 0 atom stereocenters. The zero-order chi connectivity index (χ0) is 22.2. The fraction of sp³-hybridized carbons (Fsp3) is 0.350. The first-order valence-corrected chi connectivity index (χ1v) is 10.5. The van der Waals surface area contributed by atoms with Crippen LogP contribution >= 0.6 is 11.3 Å². The normalized spacial score (nSPS) is 10.9. The molecule has 0 unspecified atom stereocenters. The Morgan fingerprint density at radius 2 is 2.10 bits per heavy atom. The predicted molar refractivity (Wildman–Crippen MR) is 117 cm³/mol. The first-order chi connectivity index (χ1) is 14.9. The number of amides is 1. The molecule has 0 bridgehead atoms. The third-order valence-corrected chi connectivity index (χ3v) is 4.84. The van der Waals surface area contributed by atoms with Gasteiger partial charge in [-0.3, -0.25) is 10.1 Å². The fourth-order valence-electron chi connectivity index (χ4n) is 2.59. The Labute approximate surface area is 183 Å². The number of nitrogens with zero attached hydrogens (tertiary/aromatic N) is 5. The summed E-state index contributed by atoms with van der Waals surface area (Å²) < 4.78 is 18.8. The van der Waals surface area contributed by atoms with Crippen molar-refractivity contribution in [1.82, 2.24) is 24.8 Å². The molecule has 2 aromatic heterocycles. The molecule has 0 aliphatic carbocycles. The van der Waals surface area contributed by atoms with Crippen LogP contribution in [0.15, 0.2) is 30.5 Å². The molecule has 2 N–H and O–H groups in total. The van der Waals surface area contributed by atoms with E-state index < -0.39 is 5.82 Å². The molecule has 11 heteroatoms. The van der Waals surface area contributed by atoms with E-state index in [9.17, 15) is 9.18 Å². The van der Waals surface area contributed by atoms with E-state index in [1.165, 1.54) is 29.5 Å². The zero-order valence-corrected chi connectivity index (χ0v) is 18.4. The van der Waals surface area contributed by atoms with Gasteiger partial charge in [0.15, 0.2) is 5.13 Å². The second-order valence-corrected chi connectivity index (χ2v) is 8.10. The van der Waals surface area contributed by atoms with Crippen molar-refractivity contribution in [3.05, 3.63) is 47.0 Å². The first kappa shape index (κ1) is 22.5. The lowest BCUT2D eigenvalue weighted by Gasteiger charge is -2.10. The number of thiazole rings is 1. The monoisotopic (exact) mass is 445 g/mol. The van der Waals surface area contributed by atoms with E-state index in [1.807, 2.05) is 14.1 Å². The second-order valence-electron chi connectivity index (χ2n) is 6.99. The molecule has 3 rings (SSSR count). The number of nitrogens with one attached hydrogen (secondary N) is 2. The lowest BCUT2D eigenvalue weighted by Crippen LogP contribution is -2.16. The van der Waals surface area contributed by atoms with E-state index in [0.29, 0.717) is 29.2 Å². The van der Waals surface area contributed by atoms with Crippen molar-refractivity contribution in [2.75, 3.05) is 37.9 Å². The first-order valence-electron chi connectivity index (χ1n) is 9.65. The summed E-state index contributed by atoms with van der Waals surface area (Å²) in [5.74, 6) is 0.174. The van der Waals surface area contributed by atoms with Crippen molar-refractivity contribution in [2.45, 2.75) is 19.8 Å². The van der Waals surface area contributed by atoms with Crippen LogP contribution in [0.1, 0.15) is 17.1 Å². The highest BCUT2D eigenvalue weighted by molar-refractivity contribution is 7.15. The molecule has 0 aliphatic rings. The highest BCUT2D eigenvalue weighted by Gasteiger charge is 2.11. The fourth-order valence-corrected chi connectivity index (χ4v) is 3.40. The second kappa shape index (κ2) is 10.7. The molecule has 9 nitrogen and oxygen atoms in total. The SMILES string of the molecule is Cc1nc(Nc2ncc(CC(=O)Nc3cccc(F)c3)s2)nc(OCCCN(C)C)n1. The van der Waals surface area contributed by atoms with Crippen molar-refractivity contribution in [1.29, 1.82) is 0 Å². The molecule has 164 valence electrons. The Balaban J connectivity index is 1.55. The number of aryl methyl sites for hydroxylation is 1. The number of carbonyl (C=O) groups excluding carboxylic acids is 1. The largest absolute Gasteiger partial charge is 0.463 e. The predicted octanol–water partition coefficient (Wildman–Crippen LogP) is 3.03. The molecule has 1 amide bonds. The van der Waals surface area contributed by atoms with Gasteiger partial charge in [-0.15, -0.1) is 11.3 Å². The van der Waals surface area contributed by atoms with Crippen LogP contribution in [-0.2, 0) is 11.2 Å². The summed E-state index contributed by atoms with van der Waals surface area (Å²) in [5.41, 5.74) is 0.409. The number of anilines is 3. The number of halogens is 1. The standard InChI is InChI=1S/C20H24FN7O2S/c1-13-23-18(26-19(24-13)30-9-5-8-28(2)3)27-20-22-12-16(31-20)11-17(29)25-15-7-4-6-14(21)10-15/h4,6-7,10,12H,5,8-9,11H2,1-3H3,(H,25,29)(H,22,23,24,26,27). The molecule has 3 aromatic rings. The number of hydrogen-bond acceptors (Lipinski definition) is 9.